The highest BCUT2D eigenvalue weighted by Gasteiger charge is 2.30. The van der Waals surface area contributed by atoms with E-state index in [1.165, 1.54) is 18.9 Å². The van der Waals surface area contributed by atoms with Crippen molar-refractivity contribution in [3.63, 3.8) is 0 Å². The minimum absolute atomic E-state index is 0.258. The van der Waals surface area contributed by atoms with Crippen LogP contribution in [0.2, 0.25) is 0 Å². The molecule has 1 saturated carbocycles. The molecule has 0 amide bonds. The van der Waals surface area contributed by atoms with Gasteiger partial charge in [-0.25, -0.2) is 0 Å². The van der Waals surface area contributed by atoms with E-state index in [4.69, 9.17) is 10.5 Å². The van der Waals surface area contributed by atoms with Crippen LogP contribution < -0.4 is 5.73 Å². The Morgan fingerprint density at radius 3 is 2.68 bits per heavy atom. The molecule has 5 heteroatoms. The Labute approximate surface area is 110 Å². The molecule has 2 nitrogen and oxygen atoms in total. The summed E-state index contributed by atoms with van der Waals surface area (Å²) in [5.41, 5.74) is 5.64. The Kier molecular flexibility index (Phi) is 4.47. The molecule has 2 rings (SSSR count). The van der Waals surface area contributed by atoms with Crippen LogP contribution in [0.3, 0.4) is 0 Å². The van der Waals surface area contributed by atoms with Gasteiger partial charge in [-0.05, 0) is 30.0 Å². The third kappa shape index (κ3) is 4.51. The number of halogens is 3. The van der Waals surface area contributed by atoms with Crippen LogP contribution in [0.25, 0.3) is 0 Å². The first kappa shape index (κ1) is 14.3. The van der Waals surface area contributed by atoms with Gasteiger partial charge in [0.1, 0.15) is 0 Å². The van der Waals surface area contributed by atoms with Crippen molar-refractivity contribution in [1.29, 1.82) is 0 Å². The highest BCUT2D eigenvalue weighted by atomic mass is 19.4. The van der Waals surface area contributed by atoms with Crippen LogP contribution in [0.1, 0.15) is 36.4 Å². The van der Waals surface area contributed by atoms with E-state index in [0.717, 1.165) is 24.5 Å². The molecule has 0 saturated heterocycles. The first-order valence-corrected chi connectivity index (χ1v) is 6.47. The Bertz CT molecular complexity index is 415. The van der Waals surface area contributed by atoms with Crippen LogP contribution in [0.5, 0.6) is 0 Å². The predicted octanol–water partition coefficient (Wildman–Crippen LogP) is 3.52. The molecule has 19 heavy (non-hydrogen) atoms. The van der Waals surface area contributed by atoms with Crippen LogP contribution in [0.15, 0.2) is 24.3 Å². The van der Waals surface area contributed by atoms with E-state index in [0.29, 0.717) is 12.2 Å². The van der Waals surface area contributed by atoms with E-state index in [-0.39, 0.29) is 6.61 Å². The van der Waals surface area contributed by atoms with Crippen molar-refractivity contribution in [3.05, 3.63) is 35.4 Å². The second-order valence-corrected chi connectivity index (χ2v) is 5.04. The van der Waals surface area contributed by atoms with Gasteiger partial charge in [0.05, 0.1) is 18.2 Å². The number of ether oxygens (including phenoxy) is 1. The van der Waals surface area contributed by atoms with Gasteiger partial charge in [0.15, 0.2) is 0 Å². The normalized spacial score (nSPS) is 17.5. The topological polar surface area (TPSA) is 35.2 Å². The molecule has 106 valence electrons. The summed E-state index contributed by atoms with van der Waals surface area (Å²) in [6.45, 7) is 0.894. The van der Waals surface area contributed by atoms with Gasteiger partial charge in [-0.1, -0.05) is 25.0 Å². The third-order valence-electron chi connectivity index (χ3n) is 3.31. The van der Waals surface area contributed by atoms with Gasteiger partial charge in [-0.3, -0.25) is 0 Å². The van der Waals surface area contributed by atoms with E-state index < -0.39 is 17.8 Å². The summed E-state index contributed by atoms with van der Waals surface area (Å²) in [7, 11) is 0. The number of hydrogen-bond donors (Lipinski definition) is 1. The molecule has 0 aromatic heterocycles. The lowest BCUT2D eigenvalue weighted by molar-refractivity contribution is -0.137. The van der Waals surface area contributed by atoms with Gasteiger partial charge in [-0.15, -0.1) is 0 Å². The average Bonchev–Trinajstić information content (AvgIpc) is 3.17. The van der Waals surface area contributed by atoms with Crippen LogP contribution in [0.4, 0.5) is 13.2 Å². The Morgan fingerprint density at radius 2 is 2.05 bits per heavy atom. The molecule has 0 radical (unpaired) electrons. The first-order valence-electron chi connectivity index (χ1n) is 6.47. The summed E-state index contributed by atoms with van der Waals surface area (Å²) in [4.78, 5) is 0. The SMILES string of the molecule is NC(COCCC1CC1)c1cccc(C(F)(F)F)c1. The van der Waals surface area contributed by atoms with E-state index in [2.05, 4.69) is 0 Å². The molecule has 1 aromatic rings. The Hall–Kier alpha value is -1.07. The maximum Gasteiger partial charge on any atom is 0.416 e. The number of alkyl halides is 3. The van der Waals surface area contributed by atoms with Crippen LogP contribution in [-0.2, 0) is 10.9 Å². The monoisotopic (exact) mass is 273 g/mol. The lowest BCUT2D eigenvalue weighted by Crippen LogP contribution is -2.18. The Balaban J connectivity index is 1.85. The fourth-order valence-electron chi connectivity index (χ4n) is 1.91. The molecule has 0 spiro atoms. The van der Waals surface area contributed by atoms with Gasteiger partial charge in [0.2, 0.25) is 0 Å². The van der Waals surface area contributed by atoms with Gasteiger partial charge in [-0.2, -0.15) is 13.2 Å². The fraction of sp³-hybridized carbons (Fsp3) is 0.571. The molecule has 1 aromatic carbocycles. The van der Waals surface area contributed by atoms with Crippen molar-refractivity contribution < 1.29 is 17.9 Å². The second-order valence-electron chi connectivity index (χ2n) is 5.04. The first-order chi connectivity index (χ1) is 8.97. The van der Waals surface area contributed by atoms with Crippen LogP contribution in [-0.4, -0.2) is 13.2 Å². The van der Waals surface area contributed by atoms with Crippen molar-refractivity contribution in [3.8, 4) is 0 Å². The van der Waals surface area contributed by atoms with E-state index in [1.54, 1.807) is 6.07 Å². The largest absolute Gasteiger partial charge is 0.416 e. The van der Waals surface area contributed by atoms with Crippen molar-refractivity contribution in [2.45, 2.75) is 31.5 Å². The van der Waals surface area contributed by atoms with Gasteiger partial charge >= 0.3 is 6.18 Å². The highest BCUT2D eigenvalue weighted by molar-refractivity contribution is 5.27. The molecule has 1 unspecified atom stereocenters. The summed E-state index contributed by atoms with van der Waals surface area (Å²) >= 11 is 0. The smallest absolute Gasteiger partial charge is 0.379 e. The minimum Gasteiger partial charge on any atom is -0.379 e. The van der Waals surface area contributed by atoms with Crippen molar-refractivity contribution in [2.75, 3.05) is 13.2 Å². The molecule has 1 atom stereocenters. The van der Waals surface area contributed by atoms with Gasteiger partial charge in [0, 0.05) is 6.61 Å². The maximum absolute atomic E-state index is 12.6. The minimum atomic E-state index is -4.33. The summed E-state index contributed by atoms with van der Waals surface area (Å²) in [6, 6.07) is 4.60. The number of rotatable bonds is 6. The van der Waals surface area contributed by atoms with E-state index in [1.807, 2.05) is 0 Å². The number of hydrogen-bond acceptors (Lipinski definition) is 2. The molecule has 0 heterocycles. The van der Waals surface area contributed by atoms with Gasteiger partial charge < -0.3 is 10.5 Å². The zero-order valence-corrected chi connectivity index (χ0v) is 10.6. The number of benzene rings is 1. The molecule has 1 aliphatic rings. The zero-order valence-electron chi connectivity index (χ0n) is 10.6. The second kappa shape index (κ2) is 5.92. The molecule has 1 fully saturated rings. The molecule has 2 N–H and O–H groups in total. The fourth-order valence-corrected chi connectivity index (χ4v) is 1.91. The van der Waals surface area contributed by atoms with Crippen molar-refractivity contribution in [1.82, 2.24) is 0 Å². The third-order valence-corrected chi connectivity index (χ3v) is 3.31. The number of nitrogens with two attached hydrogens (primary N) is 1. The summed E-state index contributed by atoms with van der Waals surface area (Å²) < 4.78 is 43.1. The van der Waals surface area contributed by atoms with Crippen LogP contribution in [0, 0.1) is 5.92 Å². The van der Waals surface area contributed by atoms with E-state index in [9.17, 15) is 13.2 Å². The summed E-state index contributed by atoms with van der Waals surface area (Å²) in [5, 5.41) is 0. The summed E-state index contributed by atoms with van der Waals surface area (Å²) in [6.07, 6.45) is -0.774. The molecular weight excluding hydrogens is 255 g/mol. The molecular formula is C14H18F3NO. The lowest BCUT2D eigenvalue weighted by atomic mass is 10.0. The molecule has 1 aliphatic carbocycles. The van der Waals surface area contributed by atoms with E-state index >= 15 is 0 Å². The average molecular weight is 273 g/mol. The van der Waals surface area contributed by atoms with Crippen molar-refractivity contribution >= 4 is 0 Å². The van der Waals surface area contributed by atoms with Crippen LogP contribution >= 0.6 is 0 Å². The maximum atomic E-state index is 12.6. The predicted molar refractivity (Wildman–Crippen MR) is 66.5 cm³/mol. The Morgan fingerprint density at radius 1 is 1.32 bits per heavy atom. The van der Waals surface area contributed by atoms with Gasteiger partial charge in [0.25, 0.3) is 0 Å². The molecule has 0 aliphatic heterocycles. The standard InChI is InChI=1S/C14H18F3NO/c15-14(16,17)12-3-1-2-11(8-12)13(18)9-19-7-6-10-4-5-10/h1-3,8,10,13H,4-7,9,18H2. The van der Waals surface area contributed by atoms with Crippen molar-refractivity contribution in [2.24, 2.45) is 11.7 Å². The lowest BCUT2D eigenvalue weighted by Gasteiger charge is -2.14. The zero-order chi connectivity index (χ0) is 13.9. The summed E-state index contributed by atoms with van der Waals surface area (Å²) in [5.74, 6) is 0.782. The molecule has 0 bridgehead atoms. The quantitative estimate of drug-likeness (QED) is 0.805. The highest BCUT2D eigenvalue weighted by Crippen LogP contribution is 2.32.